The van der Waals surface area contributed by atoms with Gasteiger partial charge in [-0.2, -0.15) is 0 Å². The zero-order chi connectivity index (χ0) is 13.7. The zero-order valence-corrected chi connectivity index (χ0v) is 12.3. The smallest absolute Gasteiger partial charge is 0.137 e. The first-order valence-electron chi connectivity index (χ1n) is 6.20. The molecule has 1 aromatic heterocycles. The minimum absolute atomic E-state index is 0.227. The average Bonchev–Trinajstić information content (AvgIpc) is 2.43. The third kappa shape index (κ3) is 4.11. The number of hydrogen-bond acceptors (Lipinski definition) is 2. The first-order chi connectivity index (χ1) is 9.19. The summed E-state index contributed by atoms with van der Waals surface area (Å²) in [6.07, 6.45) is 3.49. The fourth-order valence-corrected chi connectivity index (χ4v) is 2.42. The van der Waals surface area contributed by atoms with Crippen LogP contribution < -0.4 is 5.32 Å². The van der Waals surface area contributed by atoms with Gasteiger partial charge in [0.1, 0.15) is 5.82 Å². The maximum Gasteiger partial charge on any atom is 0.137 e. The van der Waals surface area contributed by atoms with Crippen molar-refractivity contribution in [2.45, 2.75) is 18.9 Å². The van der Waals surface area contributed by atoms with Gasteiger partial charge in [-0.3, -0.25) is 4.98 Å². The lowest BCUT2D eigenvalue weighted by Crippen LogP contribution is -2.30. The van der Waals surface area contributed by atoms with Crippen molar-refractivity contribution in [3.63, 3.8) is 0 Å². The molecule has 2 nitrogen and oxygen atoms in total. The fourth-order valence-electron chi connectivity index (χ4n) is 2.00. The molecule has 0 saturated heterocycles. The Balaban J connectivity index is 2.04. The number of likely N-dealkylation sites (N-methyl/N-ethyl adjacent to an activating group) is 1. The lowest BCUT2D eigenvalue weighted by Gasteiger charge is -2.16. The van der Waals surface area contributed by atoms with Crippen LogP contribution >= 0.6 is 15.9 Å². The molecule has 2 aromatic rings. The first kappa shape index (κ1) is 14.2. The molecule has 0 spiro atoms. The quantitative estimate of drug-likeness (QED) is 0.913. The highest BCUT2D eigenvalue weighted by Crippen LogP contribution is 2.18. The van der Waals surface area contributed by atoms with Crippen LogP contribution in [0.4, 0.5) is 4.39 Å². The Morgan fingerprint density at radius 2 is 2.11 bits per heavy atom. The molecule has 1 atom stereocenters. The van der Waals surface area contributed by atoms with Gasteiger partial charge < -0.3 is 5.32 Å². The number of nitrogens with one attached hydrogen (secondary N) is 1. The summed E-state index contributed by atoms with van der Waals surface area (Å²) >= 11 is 3.22. The molecule has 0 bridgehead atoms. The van der Waals surface area contributed by atoms with Crippen molar-refractivity contribution in [2.24, 2.45) is 0 Å². The summed E-state index contributed by atoms with van der Waals surface area (Å²) < 4.78 is 13.7. The van der Waals surface area contributed by atoms with Crippen molar-refractivity contribution in [3.8, 4) is 0 Å². The number of aromatic nitrogens is 1. The maximum absolute atomic E-state index is 13.2. The van der Waals surface area contributed by atoms with E-state index < -0.39 is 0 Å². The van der Waals surface area contributed by atoms with Crippen LogP contribution in [0.25, 0.3) is 0 Å². The number of pyridine rings is 1. The molecule has 0 aliphatic rings. The van der Waals surface area contributed by atoms with E-state index in [2.05, 4.69) is 26.2 Å². The van der Waals surface area contributed by atoms with E-state index in [0.29, 0.717) is 4.47 Å². The monoisotopic (exact) mass is 322 g/mol. The Kier molecular flexibility index (Phi) is 5.05. The van der Waals surface area contributed by atoms with Crippen molar-refractivity contribution >= 4 is 15.9 Å². The minimum atomic E-state index is -0.227. The second kappa shape index (κ2) is 6.78. The van der Waals surface area contributed by atoms with Crippen molar-refractivity contribution in [1.82, 2.24) is 10.3 Å². The number of nitrogens with zero attached hydrogens (tertiary/aromatic N) is 1. The molecule has 1 aromatic carbocycles. The largest absolute Gasteiger partial charge is 0.316 e. The molecule has 1 N–H and O–H groups in total. The molecule has 19 heavy (non-hydrogen) atoms. The SMILES string of the molecule is CNC(Cc1ccc(F)c(Br)c1)Cc1ccccn1. The summed E-state index contributed by atoms with van der Waals surface area (Å²) in [5.41, 5.74) is 2.16. The molecule has 0 aliphatic heterocycles. The number of halogens is 2. The summed E-state index contributed by atoms with van der Waals surface area (Å²) in [7, 11) is 1.94. The average molecular weight is 323 g/mol. The molecule has 0 aliphatic carbocycles. The highest BCUT2D eigenvalue weighted by Gasteiger charge is 2.10. The van der Waals surface area contributed by atoms with Gasteiger partial charge >= 0.3 is 0 Å². The molecule has 100 valence electrons. The van der Waals surface area contributed by atoms with Gasteiger partial charge in [0.2, 0.25) is 0 Å². The van der Waals surface area contributed by atoms with Gasteiger partial charge in [-0.1, -0.05) is 12.1 Å². The molecule has 0 saturated carbocycles. The van der Waals surface area contributed by atoms with Crippen LogP contribution in [0.1, 0.15) is 11.3 Å². The van der Waals surface area contributed by atoms with Crippen molar-refractivity contribution in [2.75, 3.05) is 7.05 Å². The normalized spacial score (nSPS) is 12.4. The van der Waals surface area contributed by atoms with E-state index in [9.17, 15) is 4.39 Å². The molecule has 4 heteroatoms. The molecule has 2 rings (SSSR count). The molecule has 0 fully saturated rings. The van der Waals surface area contributed by atoms with Gasteiger partial charge in [0, 0.05) is 24.4 Å². The molecule has 0 radical (unpaired) electrons. The van der Waals surface area contributed by atoms with E-state index in [1.807, 2.05) is 37.4 Å². The summed E-state index contributed by atoms with van der Waals surface area (Å²) in [6, 6.07) is 11.4. The predicted molar refractivity (Wildman–Crippen MR) is 78.6 cm³/mol. The Labute approximate surface area is 121 Å². The van der Waals surface area contributed by atoms with Crippen LogP contribution in [0, 0.1) is 5.82 Å². The number of hydrogen-bond donors (Lipinski definition) is 1. The van der Waals surface area contributed by atoms with E-state index in [-0.39, 0.29) is 11.9 Å². The Morgan fingerprint density at radius 3 is 2.74 bits per heavy atom. The summed E-state index contributed by atoms with van der Waals surface area (Å²) in [5, 5.41) is 3.28. The molecular formula is C15H16BrFN2. The maximum atomic E-state index is 13.2. The van der Waals surface area contributed by atoms with Crippen LogP contribution in [0.2, 0.25) is 0 Å². The van der Waals surface area contributed by atoms with Crippen LogP contribution in [0.3, 0.4) is 0 Å². The van der Waals surface area contributed by atoms with E-state index in [1.165, 1.54) is 6.07 Å². The second-order valence-electron chi connectivity index (χ2n) is 4.46. The Bertz CT molecular complexity index is 531. The predicted octanol–water partition coefficient (Wildman–Crippen LogP) is 3.36. The van der Waals surface area contributed by atoms with E-state index in [4.69, 9.17) is 0 Å². The highest BCUT2D eigenvalue weighted by atomic mass is 79.9. The van der Waals surface area contributed by atoms with Gasteiger partial charge in [-0.15, -0.1) is 0 Å². The number of benzene rings is 1. The van der Waals surface area contributed by atoms with Gasteiger partial charge in [0.05, 0.1) is 4.47 Å². The van der Waals surface area contributed by atoms with Crippen molar-refractivity contribution in [3.05, 3.63) is 64.1 Å². The van der Waals surface area contributed by atoms with Crippen LogP contribution in [0.15, 0.2) is 47.1 Å². The van der Waals surface area contributed by atoms with Crippen molar-refractivity contribution in [1.29, 1.82) is 0 Å². The molecule has 0 amide bonds. The standard InChI is InChI=1S/C15H16BrFN2/c1-18-13(10-12-4-2-3-7-19-12)8-11-5-6-15(17)14(16)9-11/h2-7,9,13,18H,8,10H2,1H3. The van der Waals surface area contributed by atoms with Gasteiger partial charge in [0.25, 0.3) is 0 Å². The Morgan fingerprint density at radius 1 is 1.26 bits per heavy atom. The van der Waals surface area contributed by atoms with Gasteiger partial charge in [-0.05, 0) is 59.2 Å². The molecule has 1 unspecified atom stereocenters. The second-order valence-corrected chi connectivity index (χ2v) is 5.32. The highest BCUT2D eigenvalue weighted by molar-refractivity contribution is 9.10. The third-order valence-electron chi connectivity index (χ3n) is 3.06. The van der Waals surface area contributed by atoms with Gasteiger partial charge in [0.15, 0.2) is 0 Å². The summed E-state index contributed by atoms with van der Waals surface area (Å²) in [4.78, 5) is 4.33. The first-order valence-corrected chi connectivity index (χ1v) is 6.99. The van der Waals surface area contributed by atoms with Crippen LogP contribution in [-0.4, -0.2) is 18.1 Å². The van der Waals surface area contributed by atoms with Gasteiger partial charge in [-0.25, -0.2) is 4.39 Å². The number of rotatable bonds is 5. The van der Waals surface area contributed by atoms with E-state index in [1.54, 1.807) is 6.20 Å². The van der Waals surface area contributed by atoms with Crippen LogP contribution in [-0.2, 0) is 12.8 Å². The summed E-state index contributed by atoms with van der Waals surface area (Å²) in [5.74, 6) is -0.227. The minimum Gasteiger partial charge on any atom is -0.316 e. The van der Waals surface area contributed by atoms with Crippen LogP contribution in [0.5, 0.6) is 0 Å². The lowest BCUT2D eigenvalue weighted by molar-refractivity contribution is 0.549. The fraction of sp³-hybridized carbons (Fsp3) is 0.267. The lowest BCUT2D eigenvalue weighted by atomic mass is 10.0. The molecular weight excluding hydrogens is 307 g/mol. The summed E-state index contributed by atoms with van der Waals surface area (Å²) in [6.45, 7) is 0. The van der Waals surface area contributed by atoms with E-state index in [0.717, 1.165) is 24.1 Å². The zero-order valence-electron chi connectivity index (χ0n) is 10.7. The van der Waals surface area contributed by atoms with Crippen molar-refractivity contribution < 1.29 is 4.39 Å². The third-order valence-corrected chi connectivity index (χ3v) is 3.66. The Hall–Kier alpha value is -1.26. The topological polar surface area (TPSA) is 24.9 Å². The van der Waals surface area contributed by atoms with E-state index >= 15 is 0 Å². The molecule has 1 heterocycles.